The van der Waals surface area contributed by atoms with Gasteiger partial charge in [-0.3, -0.25) is 19.2 Å². The van der Waals surface area contributed by atoms with E-state index in [9.17, 15) is 41.8 Å². The van der Waals surface area contributed by atoms with Gasteiger partial charge in [0.15, 0.2) is 23.2 Å². The summed E-state index contributed by atoms with van der Waals surface area (Å²) in [5.41, 5.74) is 2.08. The van der Waals surface area contributed by atoms with E-state index in [1.807, 2.05) is 12.1 Å². The lowest BCUT2D eigenvalue weighted by Crippen LogP contribution is -2.52. The van der Waals surface area contributed by atoms with Crippen molar-refractivity contribution >= 4 is 29.3 Å². The van der Waals surface area contributed by atoms with Crippen LogP contribution in [0.4, 0.5) is 23.2 Å². The number of nitrogens with one attached hydrogen (secondary N) is 1. The molecule has 13 heteroatoms. The molecule has 2 aliphatic rings. The number of aliphatic carboxylic acids is 1. The maximum Gasteiger partial charge on any atom is 0.305 e. The van der Waals surface area contributed by atoms with Gasteiger partial charge in [0.25, 0.3) is 5.91 Å². The first kappa shape index (κ1) is 28.8. The van der Waals surface area contributed by atoms with Gasteiger partial charge >= 0.3 is 5.97 Å². The van der Waals surface area contributed by atoms with Gasteiger partial charge in [-0.25, -0.2) is 8.78 Å². The van der Waals surface area contributed by atoms with Gasteiger partial charge in [0.1, 0.15) is 18.7 Å². The molecule has 40 heavy (non-hydrogen) atoms. The molecule has 1 saturated heterocycles. The van der Waals surface area contributed by atoms with E-state index in [1.54, 1.807) is 13.0 Å². The third-order valence-corrected chi connectivity index (χ3v) is 6.98. The molecule has 2 atom stereocenters. The molecule has 0 radical (unpaired) electrons. The van der Waals surface area contributed by atoms with Crippen LogP contribution in [0.25, 0.3) is 0 Å². The summed E-state index contributed by atoms with van der Waals surface area (Å²) in [6, 6.07) is 2.71. The van der Waals surface area contributed by atoms with Crippen molar-refractivity contribution in [3.05, 3.63) is 58.7 Å². The van der Waals surface area contributed by atoms with Crippen LogP contribution < -0.4 is 15.0 Å². The number of hydrogen-bond acceptors (Lipinski definition) is 6. The summed E-state index contributed by atoms with van der Waals surface area (Å²) in [5.74, 6) is -12.6. The van der Waals surface area contributed by atoms with Crippen LogP contribution in [0, 0.1) is 23.3 Å². The number of carbonyl (C=O) groups is 4. The maximum atomic E-state index is 13.9. The summed E-state index contributed by atoms with van der Waals surface area (Å²) in [7, 11) is 0. The van der Waals surface area contributed by atoms with E-state index in [4.69, 9.17) is 0 Å². The lowest BCUT2D eigenvalue weighted by atomic mass is 10.1. The van der Waals surface area contributed by atoms with E-state index in [0.717, 1.165) is 37.2 Å². The molecule has 2 N–H and O–H groups in total. The molecule has 0 saturated carbocycles. The third kappa shape index (κ3) is 5.87. The monoisotopic (exact) mass is 565 g/mol. The summed E-state index contributed by atoms with van der Waals surface area (Å²) < 4.78 is 59.3. The van der Waals surface area contributed by atoms with Gasteiger partial charge in [-0.1, -0.05) is 13.0 Å². The van der Waals surface area contributed by atoms with Crippen LogP contribution in [-0.2, 0) is 20.9 Å². The fourth-order valence-electron chi connectivity index (χ4n) is 4.89. The fraction of sp³-hybridized carbons (Fsp3) is 0.407. The molecule has 0 spiro atoms. The lowest BCUT2D eigenvalue weighted by molar-refractivity contribution is -0.141. The third-order valence-electron chi connectivity index (χ3n) is 6.98. The second-order valence-corrected chi connectivity index (χ2v) is 9.60. The van der Waals surface area contributed by atoms with Gasteiger partial charge in [-0.15, -0.1) is 0 Å². The highest BCUT2D eigenvalue weighted by Crippen LogP contribution is 2.31. The Kier molecular flexibility index (Phi) is 8.60. The van der Waals surface area contributed by atoms with E-state index in [2.05, 4.69) is 15.0 Å². The van der Waals surface area contributed by atoms with Crippen molar-refractivity contribution in [1.82, 2.24) is 10.2 Å². The van der Waals surface area contributed by atoms with Gasteiger partial charge in [-0.2, -0.15) is 8.78 Å². The maximum absolute atomic E-state index is 13.9. The summed E-state index contributed by atoms with van der Waals surface area (Å²) in [6.45, 7) is 2.33. The number of amides is 2. The minimum absolute atomic E-state index is 0.0388. The van der Waals surface area contributed by atoms with Crippen molar-refractivity contribution in [2.75, 3.05) is 24.6 Å². The average molecular weight is 566 g/mol. The van der Waals surface area contributed by atoms with Gasteiger partial charge < -0.3 is 25.0 Å². The van der Waals surface area contributed by atoms with Crippen molar-refractivity contribution in [3.63, 3.8) is 0 Å². The number of hydrogen-bond donors (Lipinski definition) is 2. The highest BCUT2D eigenvalue weighted by molar-refractivity contribution is 6.02. The van der Waals surface area contributed by atoms with Gasteiger partial charge in [0.2, 0.25) is 17.5 Å². The number of nitrogens with zero attached hydrogens (tertiary/aromatic N) is 2. The van der Waals surface area contributed by atoms with E-state index < -0.39 is 71.8 Å². The molecular weight excluding hydrogens is 538 g/mol. The zero-order valence-corrected chi connectivity index (χ0v) is 21.5. The molecule has 2 aliphatic heterocycles. The second-order valence-electron chi connectivity index (χ2n) is 9.60. The topological polar surface area (TPSA) is 116 Å². The largest absolute Gasteiger partial charge is 0.481 e. The van der Waals surface area contributed by atoms with E-state index in [1.165, 1.54) is 4.90 Å². The molecular formula is C27H27F4N3O6. The first-order chi connectivity index (χ1) is 19.0. The van der Waals surface area contributed by atoms with Crippen LogP contribution in [-0.4, -0.2) is 65.4 Å². The number of ether oxygens (including phenoxy) is 1. The van der Waals surface area contributed by atoms with Crippen molar-refractivity contribution in [2.24, 2.45) is 0 Å². The minimum Gasteiger partial charge on any atom is -0.481 e. The molecule has 0 bridgehead atoms. The number of rotatable bonds is 11. The van der Waals surface area contributed by atoms with Crippen molar-refractivity contribution < 1.29 is 46.6 Å². The Bertz CT molecular complexity index is 1320. The van der Waals surface area contributed by atoms with Crippen molar-refractivity contribution in [2.45, 2.75) is 51.2 Å². The lowest BCUT2D eigenvalue weighted by Gasteiger charge is -2.27. The summed E-state index contributed by atoms with van der Waals surface area (Å²) >= 11 is 0. The number of carbonyl (C=O) groups excluding carboxylic acids is 3. The standard InChI is InChI=1S/C27H27F4N3O6/c1-2-20(34-12-14-5-6-15(9-16(14)27(34)39)33-7-3-4-8-33)26(38)32-19(11-22(36)37)21(35)13-40-25-23(30)17(28)10-18(29)24(25)31/h5-6,9-10,19-20H,2-4,7-8,11-13H2,1H3,(H,32,38)(H,36,37). The van der Waals surface area contributed by atoms with Crippen molar-refractivity contribution in [1.29, 1.82) is 0 Å². The zero-order chi connectivity index (χ0) is 29.1. The number of carboxylic acid groups (broad SMARTS) is 1. The molecule has 2 amide bonds. The molecule has 214 valence electrons. The molecule has 1 fully saturated rings. The number of benzene rings is 2. The Balaban J connectivity index is 1.46. The van der Waals surface area contributed by atoms with Crippen molar-refractivity contribution in [3.8, 4) is 5.75 Å². The smallest absolute Gasteiger partial charge is 0.305 e. The minimum atomic E-state index is -1.88. The van der Waals surface area contributed by atoms with Gasteiger partial charge in [0, 0.05) is 37.0 Å². The van der Waals surface area contributed by atoms with E-state index in [-0.39, 0.29) is 24.9 Å². The Labute approximate surface area is 226 Å². The molecule has 0 aliphatic carbocycles. The summed E-state index contributed by atoms with van der Waals surface area (Å²) in [6.07, 6.45) is 1.33. The van der Waals surface area contributed by atoms with Crippen LogP contribution in [0.1, 0.15) is 48.5 Å². The number of ketones is 1. The summed E-state index contributed by atoms with van der Waals surface area (Å²) in [4.78, 5) is 54.0. The molecule has 2 unspecified atom stereocenters. The number of Topliss-reactive ketones (excluding diaryl/α,β-unsaturated/α-hetero) is 1. The average Bonchev–Trinajstić information content (AvgIpc) is 3.56. The zero-order valence-electron chi connectivity index (χ0n) is 21.5. The fourth-order valence-corrected chi connectivity index (χ4v) is 4.89. The summed E-state index contributed by atoms with van der Waals surface area (Å²) in [5, 5.41) is 11.5. The molecule has 2 aromatic rings. The molecule has 4 rings (SSSR count). The molecule has 9 nitrogen and oxygen atoms in total. The normalized spacial score (nSPS) is 16.1. The Hall–Kier alpha value is -4.16. The van der Waals surface area contributed by atoms with Gasteiger partial charge in [0.05, 0.1) is 6.42 Å². The molecule has 2 aromatic carbocycles. The number of fused-ring (bicyclic) bond motifs is 1. The number of carboxylic acids is 1. The van der Waals surface area contributed by atoms with Crippen LogP contribution in [0.3, 0.4) is 0 Å². The van der Waals surface area contributed by atoms with Crippen LogP contribution >= 0.6 is 0 Å². The van der Waals surface area contributed by atoms with Gasteiger partial charge in [-0.05, 0) is 37.0 Å². The Morgan fingerprint density at radius 2 is 1.70 bits per heavy atom. The highest BCUT2D eigenvalue weighted by Gasteiger charge is 2.37. The Morgan fingerprint density at radius 1 is 1.05 bits per heavy atom. The SMILES string of the molecule is CCC(C(=O)NC(CC(=O)O)C(=O)COc1c(F)c(F)cc(F)c1F)N1Cc2ccc(N3CCCC3)cc2C1=O. The first-order valence-electron chi connectivity index (χ1n) is 12.7. The number of halogens is 4. The number of anilines is 1. The van der Waals surface area contributed by atoms with Crippen LogP contribution in [0.15, 0.2) is 24.3 Å². The van der Waals surface area contributed by atoms with E-state index in [0.29, 0.717) is 5.56 Å². The predicted octanol–water partition coefficient (Wildman–Crippen LogP) is 3.19. The molecule has 2 heterocycles. The second kappa shape index (κ2) is 11.9. The van der Waals surface area contributed by atoms with Crippen LogP contribution in [0.5, 0.6) is 5.75 Å². The van der Waals surface area contributed by atoms with E-state index >= 15 is 0 Å². The molecule has 0 aromatic heterocycles. The quantitative estimate of drug-likeness (QED) is 0.318. The highest BCUT2D eigenvalue weighted by atomic mass is 19.2. The predicted molar refractivity (Wildman–Crippen MR) is 133 cm³/mol. The Morgan fingerprint density at radius 3 is 2.30 bits per heavy atom. The van der Waals surface area contributed by atoms with Crippen LogP contribution in [0.2, 0.25) is 0 Å². The first-order valence-corrected chi connectivity index (χ1v) is 12.7.